The number of carbonyl (C=O) groups is 2. The highest BCUT2D eigenvalue weighted by atomic mass is 32.2. The van der Waals surface area contributed by atoms with E-state index in [1.165, 1.54) is 22.2 Å². The van der Waals surface area contributed by atoms with Crippen molar-refractivity contribution in [3.8, 4) is 0 Å². The van der Waals surface area contributed by atoms with E-state index in [9.17, 15) is 14.4 Å². The van der Waals surface area contributed by atoms with Gasteiger partial charge in [0.1, 0.15) is 21.5 Å². The molecule has 1 saturated heterocycles. The third-order valence-electron chi connectivity index (χ3n) is 4.45. The number of benzene rings is 1. The van der Waals surface area contributed by atoms with Gasteiger partial charge in [-0.25, -0.2) is 4.98 Å². The Hall–Kier alpha value is -2.95. The number of hydrogen-bond acceptors (Lipinski definition) is 7. The summed E-state index contributed by atoms with van der Waals surface area (Å²) in [6.45, 7) is 1.34. The van der Waals surface area contributed by atoms with Crippen LogP contribution in [-0.2, 0) is 9.59 Å². The lowest BCUT2D eigenvalue weighted by molar-refractivity contribution is -0.140. The maximum atomic E-state index is 13.3. The van der Waals surface area contributed by atoms with Crippen LogP contribution < -0.4 is 5.56 Å². The number of carboxylic acids is 1. The van der Waals surface area contributed by atoms with E-state index in [0.29, 0.717) is 10.7 Å². The van der Waals surface area contributed by atoms with Crippen LogP contribution in [0.15, 0.2) is 68.3 Å². The number of rotatable bonds is 5. The van der Waals surface area contributed by atoms with Gasteiger partial charge in [0.25, 0.3) is 11.5 Å². The number of carbonyl (C=O) groups excluding carboxylic acids is 1. The molecule has 1 N–H and O–H groups in total. The first kappa shape index (κ1) is 21.3. The number of carboxylic acid groups (broad SMARTS) is 1. The van der Waals surface area contributed by atoms with Gasteiger partial charge in [-0.2, -0.15) is 0 Å². The van der Waals surface area contributed by atoms with Gasteiger partial charge in [-0.3, -0.25) is 23.7 Å². The van der Waals surface area contributed by atoms with Crippen LogP contribution in [0.5, 0.6) is 0 Å². The molecular formula is C21H15N3O4S3. The number of aliphatic carboxylic acids is 1. The molecule has 1 aromatic carbocycles. The summed E-state index contributed by atoms with van der Waals surface area (Å²) >= 11 is 7.44. The first-order valence-corrected chi connectivity index (χ1v) is 11.1. The van der Waals surface area contributed by atoms with Crippen molar-refractivity contribution in [2.24, 2.45) is 0 Å². The summed E-state index contributed by atoms with van der Waals surface area (Å²) in [5.41, 5.74) is 1.29. The smallest absolute Gasteiger partial charge is 0.323 e. The topological polar surface area (TPSA) is 92.0 Å². The van der Waals surface area contributed by atoms with Gasteiger partial charge >= 0.3 is 5.97 Å². The van der Waals surface area contributed by atoms with Gasteiger partial charge in [0.2, 0.25) is 0 Å². The molecule has 0 atom stereocenters. The summed E-state index contributed by atoms with van der Waals surface area (Å²) in [5.74, 6) is -1.71. The molecule has 31 heavy (non-hydrogen) atoms. The zero-order chi connectivity index (χ0) is 22.1. The van der Waals surface area contributed by atoms with Crippen LogP contribution in [0.2, 0.25) is 0 Å². The zero-order valence-electron chi connectivity index (χ0n) is 16.1. The molecule has 1 aliphatic heterocycles. The number of amides is 1. The standard InChI is InChI=1S/C21H15N3O4S3/c1-12-6-5-9-23-17(12)22-18(30-13-7-3-2-4-8-13)14(19(23)27)10-15-20(28)24(11-16(25)26)21(29)31-15/h2-10H,11H2,1H3,(H,25,26)/b15-10+. The van der Waals surface area contributed by atoms with Crippen molar-refractivity contribution >= 4 is 63.7 Å². The van der Waals surface area contributed by atoms with Crippen molar-refractivity contribution < 1.29 is 14.7 Å². The van der Waals surface area contributed by atoms with E-state index >= 15 is 0 Å². The fourth-order valence-corrected chi connectivity index (χ4v) is 5.14. The molecule has 1 amide bonds. The normalized spacial score (nSPS) is 15.3. The molecule has 1 fully saturated rings. The number of aryl methyl sites for hydroxylation is 1. The SMILES string of the molecule is Cc1cccn2c(=O)c(/C=C3/SC(=S)N(CC(=O)O)C3=O)c(Sc3ccccc3)nc12. The summed E-state index contributed by atoms with van der Waals surface area (Å²) in [4.78, 5) is 43.9. The number of aromatic nitrogens is 2. The average molecular weight is 470 g/mol. The van der Waals surface area contributed by atoms with Gasteiger partial charge in [0.15, 0.2) is 0 Å². The van der Waals surface area contributed by atoms with Gasteiger partial charge in [-0.1, -0.05) is 60.0 Å². The zero-order valence-corrected chi connectivity index (χ0v) is 18.6. The molecule has 0 unspecified atom stereocenters. The molecule has 1 aliphatic rings. The van der Waals surface area contributed by atoms with E-state index in [1.54, 1.807) is 12.3 Å². The lowest BCUT2D eigenvalue weighted by atomic mass is 10.2. The minimum absolute atomic E-state index is 0.139. The summed E-state index contributed by atoms with van der Waals surface area (Å²) in [5, 5.41) is 9.49. The predicted molar refractivity (Wildman–Crippen MR) is 124 cm³/mol. The molecule has 0 spiro atoms. The van der Waals surface area contributed by atoms with Crippen LogP contribution >= 0.6 is 35.7 Å². The number of nitrogens with zero attached hydrogens (tertiary/aromatic N) is 3. The van der Waals surface area contributed by atoms with Crippen molar-refractivity contribution in [1.82, 2.24) is 14.3 Å². The third kappa shape index (κ3) is 4.27. The van der Waals surface area contributed by atoms with Gasteiger partial charge < -0.3 is 5.11 Å². The Morgan fingerprint density at radius 3 is 2.68 bits per heavy atom. The highest BCUT2D eigenvalue weighted by Gasteiger charge is 2.34. The molecule has 156 valence electrons. The van der Waals surface area contributed by atoms with Crippen LogP contribution in [0.4, 0.5) is 0 Å². The van der Waals surface area contributed by atoms with E-state index < -0.39 is 18.4 Å². The Morgan fingerprint density at radius 1 is 1.23 bits per heavy atom. The first-order chi connectivity index (χ1) is 14.8. The highest BCUT2D eigenvalue weighted by molar-refractivity contribution is 8.26. The fourth-order valence-electron chi connectivity index (χ4n) is 3.00. The second-order valence-corrected chi connectivity index (χ2v) is 9.34. The van der Waals surface area contributed by atoms with Crippen molar-refractivity contribution in [3.63, 3.8) is 0 Å². The second kappa shape index (κ2) is 8.66. The number of fused-ring (bicyclic) bond motifs is 1. The Kier molecular flexibility index (Phi) is 5.94. The third-order valence-corrected chi connectivity index (χ3v) is 6.84. The monoisotopic (exact) mass is 469 g/mol. The first-order valence-electron chi connectivity index (χ1n) is 9.07. The lowest BCUT2D eigenvalue weighted by Crippen LogP contribution is -2.33. The van der Waals surface area contributed by atoms with Crippen LogP contribution in [0.3, 0.4) is 0 Å². The second-order valence-electron chi connectivity index (χ2n) is 6.60. The van der Waals surface area contributed by atoms with Crippen LogP contribution in [0, 0.1) is 6.92 Å². The maximum absolute atomic E-state index is 13.3. The quantitative estimate of drug-likeness (QED) is 0.345. The van der Waals surface area contributed by atoms with Gasteiger partial charge in [0, 0.05) is 11.1 Å². The summed E-state index contributed by atoms with van der Waals surface area (Å²) < 4.78 is 1.58. The molecular weight excluding hydrogens is 454 g/mol. The number of pyridine rings is 1. The largest absolute Gasteiger partial charge is 0.480 e. The number of thioether (sulfide) groups is 1. The van der Waals surface area contributed by atoms with E-state index in [4.69, 9.17) is 22.3 Å². The van der Waals surface area contributed by atoms with Crippen molar-refractivity contribution in [3.05, 3.63) is 75.0 Å². The molecule has 3 heterocycles. The molecule has 3 aromatic rings. The maximum Gasteiger partial charge on any atom is 0.323 e. The van der Waals surface area contributed by atoms with Gasteiger partial charge in [-0.15, -0.1) is 0 Å². The predicted octanol–water partition coefficient (Wildman–Crippen LogP) is 3.44. The Labute approximate surface area is 190 Å². The van der Waals surface area contributed by atoms with Crippen molar-refractivity contribution in [2.45, 2.75) is 16.8 Å². The lowest BCUT2D eigenvalue weighted by Gasteiger charge is -2.11. The molecule has 4 rings (SSSR count). The van der Waals surface area contributed by atoms with Crippen LogP contribution in [-0.4, -0.2) is 42.1 Å². The van der Waals surface area contributed by atoms with E-state index in [-0.39, 0.29) is 20.3 Å². The van der Waals surface area contributed by atoms with Gasteiger partial charge in [-0.05, 0) is 36.8 Å². The van der Waals surface area contributed by atoms with E-state index in [2.05, 4.69) is 0 Å². The van der Waals surface area contributed by atoms with E-state index in [1.807, 2.05) is 43.3 Å². The minimum atomic E-state index is -1.17. The fraction of sp³-hybridized carbons (Fsp3) is 0.0952. The summed E-state index contributed by atoms with van der Waals surface area (Å²) in [6, 6.07) is 13.1. The van der Waals surface area contributed by atoms with Crippen molar-refractivity contribution in [2.75, 3.05) is 6.54 Å². The Bertz CT molecular complexity index is 1320. The van der Waals surface area contributed by atoms with E-state index in [0.717, 1.165) is 27.1 Å². The van der Waals surface area contributed by atoms with Crippen LogP contribution in [0.1, 0.15) is 11.1 Å². The molecule has 0 aliphatic carbocycles. The van der Waals surface area contributed by atoms with Crippen molar-refractivity contribution in [1.29, 1.82) is 0 Å². The average Bonchev–Trinajstić information content (AvgIpc) is 2.99. The molecule has 7 nitrogen and oxygen atoms in total. The minimum Gasteiger partial charge on any atom is -0.480 e. The molecule has 2 aromatic heterocycles. The molecule has 0 bridgehead atoms. The Morgan fingerprint density at radius 2 is 1.97 bits per heavy atom. The molecule has 0 saturated carbocycles. The summed E-state index contributed by atoms with van der Waals surface area (Å²) in [7, 11) is 0. The highest BCUT2D eigenvalue weighted by Crippen LogP contribution is 2.35. The summed E-state index contributed by atoms with van der Waals surface area (Å²) in [6.07, 6.45) is 3.08. The molecule has 10 heteroatoms. The molecule has 0 radical (unpaired) electrons. The number of hydrogen-bond donors (Lipinski definition) is 1. The Balaban J connectivity index is 1.87. The number of thiocarbonyl (C=S) groups is 1. The van der Waals surface area contributed by atoms with Crippen LogP contribution in [0.25, 0.3) is 11.7 Å². The van der Waals surface area contributed by atoms with Gasteiger partial charge in [0.05, 0.1) is 10.5 Å².